The minimum atomic E-state index is -0.808. The van der Waals surface area contributed by atoms with Crippen LogP contribution in [0.4, 0.5) is 5.69 Å². The van der Waals surface area contributed by atoms with Crippen molar-refractivity contribution in [3.63, 3.8) is 0 Å². The predicted octanol–water partition coefficient (Wildman–Crippen LogP) is 4.95. The fourth-order valence-electron chi connectivity index (χ4n) is 3.41. The van der Waals surface area contributed by atoms with Crippen molar-refractivity contribution in [1.29, 1.82) is 0 Å². The topological polar surface area (TPSA) is 86.0 Å². The van der Waals surface area contributed by atoms with Crippen LogP contribution in [-0.2, 0) is 9.53 Å². The molecule has 0 aliphatic heterocycles. The van der Waals surface area contributed by atoms with Gasteiger partial charge in [0.05, 0.1) is 23.7 Å². The van der Waals surface area contributed by atoms with E-state index in [4.69, 9.17) is 14.5 Å². The molecule has 0 saturated carbocycles. The molecule has 186 valence electrons. The van der Waals surface area contributed by atoms with Crippen molar-refractivity contribution >= 4 is 44.7 Å². The van der Waals surface area contributed by atoms with E-state index in [1.165, 1.54) is 4.68 Å². The van der Waals surface area contributed by atoms with Crippen LogP contribution in [0.25, 0.3) is 10.9 Å². The summed E-state index contributed by atoms with van der Waals surface area (Å²) in [4.78, 5) is 32.2. The lowest BCUT2D eigenvalue weighted by molar-refractivity contribution is -0.150. The average Bonchev–Trinajstić information content (AvgIpc) is 2.83. The minimum absolute atomic E-state index is 0.0172. The summed E-state index contributed by atoms with van der Waals surface area (Å²) in [6, 6.07) is 11.0. The van der Waals surface area contributed by atoms with E-state index in [1.807, 2.05) is 63.2 Å². The molecule has 3 aromatic rings. The maximum absolute atomic E-state index is 13.4. The number of aromatic nitrogens is 2. The molecule has 0 unspecified atom stereocenters. The number of halogens is 1. The van der Waals surface area contributed by atoms with Crippen LogP contribution in [0.2, 0.25) is 0 Å². The number of ether oxygens (including phenoxy) is 2. The van der Waals surface area contributed by atoms with Crippen molar-refractivity contribution in [1.82, 2.24) is 9.66 Å². The van der Waals surface area contributed by atoms with E-state index in [1.54, 1.807) is 26.1 Å². The van der Waals surface area contributed by atoms with Crippen LogP contribution in [0.1, 0.15) is 51.4 Å². The molecule has 3 rings (SSSR count). The highest BCUT2D eigenvalue weighted by molar-refractivity contribution is 9.10. The van der Waals surface area contributed by atoms with Crippen molar-refractivity contribution < 1.29 is 14.3 Å². The lowest BCUT2D eigenvalue weighted by Crippen LogP contribution is -2.26. The van der Waals surface area contributed by atoms with Crippen LogP contribution in [0.15, 0.2) is 50.8 Å². The molecule has 0 aliphatic carbocycles. The predicted molar refractivity (Wildman–Crippen MR) is 143 cm³/mol. The molecule has 0 fully saturated rings. The Balaban J connectivity index is 2.11. The molecule has 0 amide bonds. The SMILES string of the molecule is CCOC(=O)[C@@H](C)Oc1cc(N(C)C)ccc1C=Nn1c([C@@H](C)CC)nc2ccc(Br)cc2c1=O. The quantitative estimate of drug-likeness (QED) is 0.281. The first kappa shape index (κ1) is 26.4. The third-order valence-corrected chi connectivity index (χ3v) is 6.13. The molecule has 0 bridgehead atoms. The van der Waals surface area contributed by atoms with Gasteiger partial charge in [0.15, 0.2) is 6.10 Å². The molecule has 2 aromatic carbocycles. The van der Waals surface area contributed by atoms with E-state index in [0.29, 0.717) is 28.0 Å². The van der Waals surface area contributed by atoms with Gasteiger partial charge in [0.25, 0.3) is 5.56 Å². The highest BCUT2D eigenvalue weighted by atomic mass is 79.9. The van der Waals surface area contributed by atoms with Crippen LogP contribution >= 0.6 is 15.9 Å². The van der Waals surface area contributed by atoms with Crippen LogP contribution in [0.3, 0.4) is 0 Å². The Labute approximate surface area is 213 Å². The van der Waals surface area contributed by atoms with Gasteiger partial charge in [-0.1, -0.05) is 29.8 Å². The Hall–Kier alpha value is -3.20. The second-order valence-electron chi connectivity index (χ2n) is 8.43. The molecule has 0 saturated heterocycles. The maximum Gasteiger partial charge on any atom is 0.347 e. The lowest BCUT2D eigenvalue weighted by Gasteiger charge is -2.19. The first-order chi connectivity index (χ1) is 16.7. The molecule has 1 heterocycles. The summed E-state index contributed by atoms with van der Waals surface area (Å²) < 4.78 is 13.2. The van der Waals surface area contributed by atoms with Crippen LogP contribution < -0.4 is 15.2 Å². The second-order valence-corrected chi connectivity index (χ2v) is 9.35. The fraction of sp³-hybridized carbons (Fsp3) is 0.385. The Kier molecular flexibility index (Phi) is 8.67. The third-order valence-electron chi connectivity index (χ3n) is 5.63. The number of carbonyl (C=O) groups is 1. The average molecular weight is 543 g/mol. The third kappa shape index (κ3) is 6.08. The summed E-state index contributed by atoms with van der Waals surface area (Å²) in [7, 11) is 3.83. The monoisotopic (exact) mass is 542 g/mol. The maximum atomic E-state index is 13.4. The van der Waals surface area contributed by atoms with E-state index in [-0.39, 0.29) is 18.1 Å². The van der Waals surface area contributed by atoms with Crippen LogP contribution in [0, 0.1) is 0 Å². The molecule has 9 heteroatoms. The molecule has 35 heavy (non-hydrogen) atoms. The first-order valence-electron chi connectivity index (χ1n) is 11.6. The Morgan fingerprint density at radius 3 is 2.60 bits per heavy atom. The number of benzene rings is 2. The standard InChI is InChI=1S/C26H31BrN4O4/c1-7-16(3)24-29-22-12-10-19(27)13-21(22)25(32)31(24)28-15-18-9-11-20(30(5)6)14-23(18)35-17(4)26(33)34-8-2/h9-17H,7-8H2,1-6H3/t16-,17+/m0/s1. The number of rotatable bonds is 9. The van der Waals surface area contributed by atoms with E-state index in [9.17, 15) is 9.59 Å². The van der Waals surface area contributed by atoms with Crippen molar-refractivity contribution in [3.05, 3.63) is 62.6 Å². The Bertz CT molecular complexity index is 1300. The summed E-state index contributed by atoms with van der Waals surface area (Å²) >= 11 is 3.43. The molecule has 0 N–H and O–H groups in total. The Morgan fingerprint density at radius 1 is 1.20 bits per heavy atom. The first-order valence-corrected chi connectivity index (χ1v) is 12.4. The van der Waals surface area contributed by atoms with Gasteiger partial charge >= 0.3 is 5.97 Å². The lowest BCUT2D eigenvalue weighted by atomic mass is 10.1. The number of hydrogen-bond donors (Lipinski definition) is 0. The summed E-state index contributed by atoms with van der Waals surface area (Å²) in [6.07, 6.45) is 1.55. The van der Waals surface area contributed by atoms with Gasteiger partial charge in [0.2, 0.25) is 0 Å². The summed E-state index contributed by atoms with van der Waals surface area (Å²) in [5.74, 6) is 0.597. The number of carbonyl (C=O) groups excluding carboxylic acids is 1. The normalized spacial score (nSPS) is 13.1. The molecule has 0 aliphatic rings. The van der Waals surface area contributed by atoms with Gasteiger partial charge in [-0.3, -0.25) is 4.79 Å². The van der Waals surface area contributed by atoms with Gasteiger partial charge in [-0.25, -0.2) is 9.78 Å². The van der Waals surface area contributed by atoms with E-state index < -0.39 is 12.1 Å². The fourth-order valence-corrected chi connectivity index (χ4v) is 3.77. The number of esters is 1. The molecule has 0 spiro atoms. The van der Waals surface area contributed by atoms with Crippen molar-refractivity contribution in [2.45, 2.75) is 46.1 Å². The van der Waals surface area contributed by atoms with Gasteiger partial charge in [0, 0.05) is 41.8 Å². The van der Waals surface area contributed by atoms with Gasteiger partial charge in [-0.15, -0.1) is 0 Å². The zero-order valence-electron chi connectivity index (χ0n) is 20.9. The smallest absolute Gasteiger partial charge is 0.347 e. The number of anilines is 1. The zero-order chi connectivity index (χ0) is 25.7. The molecular formula is C26H31BrN4O4. The van der Waals surface area contributed by atoms with Crippen LogP contribution in [-0.4, -0.2) is 48.7 Å². The van der Waals surface area contributed by atoms with Crippen molar-refractivity contribution in [2.24, 2.45) is 5.10 Å². The summed E-state index contributed by atoms with van der Waals surface area (Å²) in [5.41, 5.74) is 1.88. The molecule has 8 nitrogen and oxygen atoms in total. The van der Waals surface area contributed by atoms with E-state index in [2.05, 4.69) is 21.0 Å². The molecular weight excluding hydrogens is 512 g/mol. The van der Waals surface area contributed by atoms with Gasteiger partial charge in [-0.2, -0.15) is 9.78 Å². The van der Waals surface area contributed by atoms with Gasteiger partial charge in [0.1, 0.15) is 11.6 Å². The highest BCUT2D eigenvalue weighted by Gasteiger charge is 2.19. The van der Waals surface area contributed by atoms with Gasteiger partial charge in [-0.05, 0) is 50.6 Å². The van der Waals surface area contributed by atoms with Crippen molar-refractivity contribution in [2.75, 3.05) is 25.6 Å². The molecule has 2 atom stereocenters. The largest absolute Gasteiger partial charge is 0.478 e. The van der Waals surface area contributed by atoms with E-state index >= 15 is 0 Å². The number of fused-ring (bicyclic) bond motifs is 1. The van der Waals surface area contributed by atoms with E-state index in [0.717, 1.165) is 16.6 Å². The van der Waals surface area contributed by atoms with Crippen LogP contribution in [0.5, 0.6) is 5.75 Å². The molecule has 1 aromatic heterocycles. The van der Waals surface area contributed by atoms with Gasteiger partial charge < -0.3 is 14.4 Å². The zero-order valence-corrected chi connectivity index (χ0v) is 22.5. The summed E-state index contributed by atoms with van der Waals surface area (Å²) in [5, 5.41) is 5.01. The summed E-state index contributed by atoms with van der Waals surface area (Å²) in [6.45, 7) is 7.71. The van der Waals surface area contributed by atoms with Crippen molar-refractivity contribution in [3.8, 4) is 5.75 Å². The minimum Gasteiger partial charge on any atom is -0.478 e. The number of nitrogens with zero attached hydrogens (tertiary/aromatic N) is 4. The Morgan fingerprint density at radius 2 is 1.94 bits per heavy atom. The second kappa shape index (κ2) is 11.5. The highest BCUT2D eigenvalue weighted by Crippen LogP contribution is 2.26. The number of hydrogen-bond acceptors (Lipinski definition) is 7. The molecule has 0 radical (unpaired) electrons.